The van der Waals surface area contributed by atoms with Crippen molar-refractivity contribution in [1.29, 1.82) is 0 Å². The van der Waals surface area contributed by atoms with Crippen LogP contribution < -0.4 is 10.9 Å². The molecule has 23 heavy (non-hydrogen) atoms. The average molecular weight is 313 g/mol. The molecule has 0 bridgehead atoms. The highest BCUT2D eigenvalue weighted by molar-refractivity contribution is 5.94. The number of nitrogens with one attached hydrogen (secondary N) is 2. The van der Waals surface area contributed by atoms with Gasteiger partial charge in [-0.1, -0.05) is 26.8 Å². The second-order valence-corrected chi connectivity index (χ2v) is 6.96. The Morgan fingerprint density at radius 1 is 1.30 bits per heavy atom. The van der Waals surface area contributed by atoms with Gasteiger partial charge in [-0.05, 0) is 42.5 Å². The fourth-order valence-electron chi connectivity index (χ4n) is 2.43. The van der Waals surface area contributed by atoms with Crippen molar-refractivity contribution in [2.24, 2.45) is 5.41 Å². The topological polar surface area (TPSA) is 74.8 Å². The first-order chi connectivity index (χ1) is 10.8. The average Bonchev–Trinajstić information content (AvgIpc) is 2.46. The smallest absolute Gasteiger partial charge is 0.260 e. The zero-order chi connectivity index (χ0) is 17.0. The van der Waals surface area contributed by atoms with Gasteiger partial charge >= 0.3 is 0 Å². The van der Waals surface area contributed by atoms with Crippen LogP contribution in [0.4, 0.5) is 0 Å². The van der Waals surface area contributed by atoms with Crippen LogP contribution in [-0.4, -0.2) is 15.9 Å². The summed E-state index contributed by atoms with van der Waals surface area (Å²) >= 11 is 0. The number of aromatic amines is 1. The summed E-state index contributed by atoms with van der Waals surface area (Å²) in [5, 5.41) is 2.97. The van der Waals surface area contributed by atoms with Crippen LogP contribution in [0, 0.1) is 12.3 Å². The number of aromatic nitrogens is 2. The van der Waals surface area contributed by atoms with E-state index in [4.69, 9.17) is 0 Å². The second-order valence-electron chi connectivity index (χ2n) is 6.96. The van der Waals surface area contributed by atoms with Crippen molar-refractivity contribution in [2.75, 3.05) is 0 Å². The predicted octanol–water partition coefficient (Wildman–Crippen LogP) is 2.99. The molecule has 0 aliphatic carbocycles. The van der Waals surface area contributed by atoms with Crippen LogP contribution in [0.15, 0.2) is 41.5 Å². The minimum atomic E-state index is -0.372. The fraction of sp³-hybridized carbons (Fsp3) is 0.389. The summed E-state index contributed by atoms with van der Waals surface area (Å²) in [6, 6.07) is 6.86. The molecule has 0 aromatic carbocycles. The Morgan fingerprint density at radius 2 is 2.04 bits per heavy atom. The predicted molar refractivity (Wildman–Crippen MR) is 90.3 cm³/mol. The highest BCUT2D eigenvalue weighted by Crippen LogP contribution is 2.29. The van der Waals surface area contributed by atoms with Crippen molar-refractivity contribution in [3.63, 3.8) is 0 Å². The van der Waals surface area contributed by atoms with Gasteiger partial charge in [-0.2, -0.15) is 0 Å². The number of carbonyl (C=O) groups excluding carboxylic acids is 1. The molecule has 0 aliphatic heterocycles. The molecule has 0 saturated carbocycles. The van der Waals surface area contributed by atoms with E-state index in [1.54, 1.807) is 31.5 Å². The van der Waals surface area contributed by atoms with E-state index < -0.39 is 0 Å². The summed E-state index contributed by atoms with van der Waals surface area (Å²) in [4.78, 5) is 31.2. The molecule has 2 heterocycles. The van der Waals surface area contributed by atoms with E-state index in [0.717, 1.165) is 17.7 Å². The lowest BCUT2D eigenvalue weighted by Gasteiger charge is -2.27. The van der Waals surface area contributed by atoms with Crippen LogP contribution in [0.3, 0.4) is 0 Å². The SMILES string of the molecule is Cc1ccc(C(=O)NC(CC(C)(C)C)c2cccnc2)c(=O)[nH]1. The Balaban J connectivity index is 2.27. The van der Waals surface area contributed by atoms with Crippen molar-refractivity contribution in [1.82, 2.24) is 15.3 Å². The van der Waals surface area contributed by atoms with Gasteiger partial charge in [-0.15, -0.1) is 0 Å². The normalized spacial score (nSPS) is 12.7. The molecule has 122 valence electrons. The van der Waals surface area contributed by atoms with Gasteiger partial charge in [0.15, 0.2) is 0 Å². The number of rotatable bonds is 4. The number of hydrogen-bond acceptors (Lipinski definition) is 3. The fourth-order valence-corrected chi connectivity index (χ4v) is 2.43. The van der Waals surface area contributed by atoms with E-state index in [1.165, 1.54) is 0 Å². The number of pyridine rings is 2. The lowest BCUT2D eigenvalue weighted by Crippen LogP contribution is -2.34. The molecule has 5 heteroatoms. The summed E-state index contributed by atoms with van der Waals surface area (Å²) in [6.45, 7) is 8.12. The van der Waals surface area contributed by atoms with E-state index in [-0.39, 0.29) is 28.5 Å². The monoisotopic (exact) mass is 313 g/mol. The van der Waals surface area contributed by atoms with Gasteiger partial charge in [-0.25, -0.2) is 0 Å². The maximum Gasteiger partial charge on any atom is 0.260 e. The highest BCUT2D eigenvalue weighted by atomic mass is 16.2. The summed E-state index contributed by atoms with van der Waals surface area (Å²) in [7, 11) is 0. The van der Waals surface area contributed by atoms with Gasteiger partial charge in [0.25, 0.3) is 11.5 Å². The molecule has 0 radical (unpaired) electrons. The van der Waals surface area contributed by atoms with Crippen LogP contribution in [0.5, 0.6) is 0 Å². The number of hydrogen-bond donors (Lipinski definition) is 2. The van der Waals surface area contributed by atoms with Gasteiger partial charge in [0, 0.05) is 18.1 Å². The lowest BCUT2D eigenvalue weighted by atomic mass is 9.85. The minimum absolute atomic E-state index is 0.0213. The van der Waals surface area contributed by atoms with Crippen molar-refractivity contribution in [3.05, 3.63) is 63.8 Å². The Bertz CT molecular complexity index is 730. The van der Waals surface area contributed by atoms with E-state index in [0.29, 0.717) is 0 Å². The molecule has 1 amide bonds. The first-order valence-electron chi connectivity index (χ1n) is 7.67. The van der Waals surface area contributed by atoms with E-state index in [2.05, 4.69) is 36.1 Å². The highest BCUT2D eigenvalue weighted by Gasteiger charge is 2.23. The molecule has 2 N–H and O–H groups in total. The number of nitrogens with zero attached hydrogens (tertiary/aromatic N) is 1. The number of carbonyl (C=O) groups is 1. The van der Waals surface area contributed by atoms with E-state index in [1.807, 2.05) is 12.1 Å². The number of amides is 1. The van der Waals surface area contributed by atoms with Gasteiger partial charge in [0.1, 0.15) is 5.56 Å². The van der Waals surface area contributed by atoms with Crippen LogP contribution >= 0.6 is 0 Å². The largest absolute Gasteiger partial charge is 0.345 e. The molecular formula is C18H23N3O2. The van der Waals surface area contributed by atoms with Crippen LogP contribution in [0.25, 0.3) is 0 Å². The van der Waals surface area contributed by atoms with Crippen LogP contribution in [0.2, 0.25) is 0 Å². The molecular weight excluding hydrogens is 290 g/mol. The Labute approximate surface area is 136 Å². The minimum Gasteiger partial charge on any atom is -0.345 e. The molecule has 0 aliphatic rings. The standard InChI is InChI=1S/C18H23N3O2/c1-12-7-8-14(16(22)20-12)17(23)21-15(10-18(2,3)4)13-6-5-9-19-11-13/h5-9,11,15H,10H2,1-4H3,(H,20,22)(H,21,23). The van der Waals surface area contributed by atoms with Gasteiger partial charge in [0.05, 0.1) is 6.04 Å². The maximum absolute atomic E-state index is 12.5. The molecule has 0 fully saturated rings. The molecule has 2 rings (SSSR count). The molecule has 0 saturated heterocycles. The zero-order valence-corrected chi connectivity index (χ0v) is 14.0. The third kappa shape index (κ3) is 4.77. The van der Waals surface area contributed by atoms with E-state index in [9.17, 15) is 9.59 Å². The molecule has 1 unspecified atom stereocenters. The number of aryl methyl sites for hydroxylation is 1. The Kier molecular flexibility index (Phi) is 4.98. The summed E-state index contributed by atoms with van der Waals surface area (Å²) < 4.78 is 0. The van der Waals surface area contributed by atoms with Crippen LogP contribution in [0.1, 0.15) is 54.8 Å². The first kappa shape index (κ1) is 16.9. The second kappa shape index (κ2) is 6.77. The van der Waals surface area contributed by atoms with Gasteiger partial charge in [-0.3, -0.25) is 14.6 Å². The van der Waals surface area contributed by atoms with Crippen molar-refractivity contribution >= 4 is 5.91 Å². The van der Waals surface area contributed by atoms with Gasteiger partial charge < -0.3 is 10.3 Å². The van der Waals surface area contributed by atoms with Crippen molar-refractivity contribution in [3.8, 4) is 0 Å². The zero-order valence-electron chi connectivity index (χ0n) is 14.0. The Hall–Kier alpha value is -2.43. The number of H-pyrrole nitrogens is 1. The third-order valence-electron chi connectivity index (χ3n) is 3.51. The summed E-state index contributed by atoms with van der Waals surface area (Å²) in [5.41, 5.74) is 1.43. The Morgan fingerprint density at radius 3 is 2.61 bits per heavy atom. The van der Waals surface area contributed by atoms with Crippen molar-refractivity contribution < 1.29 is 4.79 Å². The summed E-state index contributed by atoms with van der Waals surface area (Å²) in [5.74, 6) is -0.371. The van der Waals surface area contributed by atoms with E-state index >= 15 is 0 Å². The van der Waals surface area contributed by atoms with Gasteiger partial charge in [0.2, 0.25) is 0 Å². The molecule has 5 nitrogen and oxygen atoms in total. The van der Waals surface area contributed by atoms with Crippen LogP contribution in [-0.2, 0) is 0 Å². The quantitative estimate of drug-likeness (QED) is 0.911. The molecule has 1 atom stereocenters. The third-order valence-corrected chi connectivity index (χ3v) is 3.51. The summed E-state index contributed by atoms with van der Waals surface area (Å²) in [6.07, 6.45) is 4.19. The maximum atomic E-state index is 12.5. The molecule has 2 aromatic heterocycles. The first-order valence-corrected chi connectivity index (χ1v) is 7.67. The molecule has 2 aromatic rings. The molecule has 0 spiro atoms. The van der Waals surface area contributed by atoms with Crippen molar-refractivity contribution in [2.45, 2.75) is 40.2 Å². The lowest BCUT2D eigenvalue weighted by molar-refractivity contribution is 0.0924.